The average molecular weight is 338 g/mol. The van der Waals surface area contributed by atoms with Gasteiger partial charge in [0.15, 0.2) is 4.67 Å². The summed E-state index contributed by atoms with van der Waals surface area (Å²) in [6.45, 7) is 0.431. The Morgan fingerprint density at radius 3 is 2.90 bits per heavy atom. The van der Waals surface area contributed by atoms with Gasteiger partial charge in [0.05, 0.1) is 12.2 Å². The molecule has 0 radical (unpaired) electrons. The van der Waals surface area contributed by atoms with E-state index >= 15 is 0 Å². The Morgan fingerprint density at radius 2 is 2.30 bits per heavy atom. The summed E-state index contributed by atoms with van der Waals surface area (Å²) in [6.07, 6.45) is 4.08. The third-order valence-electron chi connectivity index (χ3n) is 3.40. The molecule has 1 fully saturated rings. The Bertz CT molecular complexity index is 643. The number of carbonyl (C=O) groups is 1. The summed E-state index contributed by atoms with van der Waals surface area (Å²) in [5.74, 6) is 0.700. The molecule has 0 saturated heterocycles. The second-order valence-electron chi connectivity index (χ2n) is 5.16. The van der Waals surface area contributed by atoms with Gasteiger partial charge in [-0.05, 0) is 47.0 Å². The van der Waals surface area contributed by atoms with Crippen LogP contribution in [0.15, 0.2) is 33.5 Å². The fraction of sp³-hybridized carbons (Fsp3) is 0.357. The number of amides is 1. The van der Waals surface area contributed by atoms with E-state index in [1.807, 2.05) is 22.9 Å². The summed E-state index contributed by atoms with van der Waals surface area (Å²) >= 11 is 3.26. The maximum atomic E-state index is 12.5. The van der Waals surface area contributed by atoms with E-state index < -0.39 is 0 Å². The van der Waals surface area contributed by atoms with Gasteiger partial charge >= 0.3 is 0 Å². The first-order valence-corrected chi connectivity index (χ1v) is 7.31. The molecule has 1 amide bonds. The molecule has 106 valence electrons. The van der Waals surface area contributed by atoms with Crippen molar-refractivity contribution in [3.05, 3.63) is 40.5 Å². The van der Waals surface area contributed by atoms with Crippen molar-refractivity contribution < 1.29 is 9.21 Å². The number of aromatic nitrogens is 1. The molecule has 0 aliphatic heterocycles. The number of nitrogens with zero attached hydrogens (tertiary/aromatic N) is 2. The summed E-state index contributed by atoms with van der Waals surface area (Å²) < 4.78 is 8.08. The molecule has 0 aromatic carbocycles. The number of nitrogens with two attached hydrogens (primary N) is 1. The van der Waals surface area contributed by atoms with E-state index in [0.29, 0.717) is 28.6 Å². The number of rotatable bonds is 4. The van der Waals surface area contributed by atoms with Crippen LogP contribution < -0.4 is 5.73 Å². The first-order valence-electron chi connectivity index (χ1n) is 6.51. The van der Waals surface area contributed by atoms with Crippen LogP contribution in [-0.4, -0.2) is 22.4 Å². The molecule has 0 spiro atoms. The first kappa shape index (κ1) is 13.3. The highest BCUT2D eigenvalue weighted by Crippen LogP contribution is 2.37. The monoisotopic (exact) mass is 337 g/mol. The van der Waals surface area contributed by atoms with Crippen LogP contribution in [0.3, 0.4) is 0 Å². The lowest BCUT2D eigenvalue weighted by atomic mass is 10.3. The summed E-state index contributed by atoms with van der Waals surface area (Å²) in [4.78, 5) is 14.2. The zero-order chi connectivity index (χ0) is 14.3. The Labute approximate surface area is 125 Å². The predicted molar refractivity (Wildman–Crippen MR) is 79.3 cm³/mol. The lowest BCUT2D eigenvalue weighted by Gasteiger charge is -2.17. The molecule has 2 aromatic rings. The van der Waals surface area contributed by atoms with Crippen molar-refractivity contribution >= 4 is 27.5 Å². The molecule has 20 heavy (non-hydrogen) atoms. The van der Waals surface area contributed by atoms with Gasteiger partial charge in [0, 0.05) is 19.3 Å². The van der Waals surface area contributed by atoms with E-state index in [2.05, 4.69) is 15.9 Å². The van der Waals surface area contributed by atoms with Gasteiger partial charge in [0.2, 0.25) is 0 Å². The van der Waals surface area contributed by atoms with Gasteiger partial charge in [-0.1, -0.05) is 0 Å². The minimum Gasteiger partial charge on any atom is -0.452 e. The summed E-state index contributed by atoms with van der Waals surface area (Å²) in [5.41, 5.74) is 7.11. The molecule has 1 saturated carbocycles. The molecule has 6 heteroatoms. The molecular weight excluding hydrogens is 322 g/mol. The van der Waals surface area contributed by atoms with Crippen molar-refractivity contribution in [2.75, 3.05) is 12.8 Å². The van der Waals surface area contributed by atoms with Crippen LogP contribution in [0.1, 0.15) is 35.1 Å². The lowest BCUT2D eigenvalue weighted by molar-refractivity contribution is 0.0764. The molecule has 1 aliphatic rings. The van der Waals surface area contributed by atoms with E-state index in [4.69, 9.17) is 10.2 Å². The third-order valence-corrected chi connectivity index (χ3v) is 3.82. The summed E-state index contributed by atoms with van der Waals surface area (Å²) in [6, 6.07) is 5.84. The molecule has 0 atom stereocenters. The van der Waals surface area contributed by atoms with Gasteiger partial charge in [0.1, 0.15) is 11.5 Å². The van der Waals surface area contributed by atoms with Crippen molar-refractivity contribution in [3.63, 3.8) is 0 Å². The number of anilines is 1. The van der Waals surface area contributed by atoms with Crippen molar-refractivity contribution in [1.82, 2.24) is 9.47 Å². The maximum absolute atomic E-state index is 12.5. The van der Waals surface area contributed by atoms with E-state index in [0.717, 1.165) is 18.6 Å². The van der Waals surface area contributed by atoms with Crippen LogP contribution in [-0.2, 0) is 6.54 Å². The van der Waals surface area contributed by atoms with Crippen molar-refractivity contribution in [2.45, 2.75) is 25.4 Å². The van der Waals surface area contributed by atoms with Gasteiger partial charge in [-0.3, -0.25) is 4.79 Å². The number of hydrogen-bond donors (Lipinski definition) is 1. The molecular formula is C14H16BrN3O2. The second-order valence-corrected chi connectivity index (χ2v) is 5.95. The van der Waals surface area contributed by atoms with E-state index in [9.17, 15) is 4.79 Å². The molecule has 3 rings (SSSR count). The third kappa shape index (κ3) is 2.60. The summed E-state index contributed by atoms with van der Waals surface area (Å²) in [5, 5.41) is 0. The molecule has 0 bridgehead atoms. The normalized spacial score (nSPS) is 14.5. The van der Waals surface area contributed by atoms with Crippen molar-refractivity contribution in [1.29, 1.82) is 0 Å². The zero-order valence-electron chi connectivity index (χ0n) is 11.2. The van der Waals surface area contributed by atoms with Crippen LogP contribution >= 0.6 is 15.9 Å². The van der Waals surface area contributed by atoms with E-state index in [-0.39, 0.29) is 5.91 Å². The van der Waals surface area contributed by atoms with Gasteiger partial charge in [0.25, 0.3) is 5.91 Å². The topological polar surface area (TPSA) is 64.4 Å². The summed E-state index contributed by atoms with van der Waals surface area (Å²) in [7, 11) is 1.76. The van der Waals surface area contributed by atoms with Crippen LogP contribution in [0.5, 0.6) is 0 Å². The number of furan rings is 1. The highest BCUT2D eigenvalue weighted by molar-refractivity contribution is 9.10. The Hall–Kier alpha value is -1.69. The molecule has 2 heterocycles. The Kier molecular flexibility index (Phi) is 3.33. The smallest absolute Gasteiger partial charge is 0.270 e. The van der Waals surface area contributed by atoms with E-state index in [1.54, 1.807) is 18.0 Å². The van der Waals surface area contributed by atoms with Crippen LogP contribution in [0.4, 0.5) is 5.69 Å². The zero-order valence-corrected chi connectivity index (χ0v) is 12.8. The number of halogens is 1. The standard InChI is InChI=1S/C14H16BrN3O2/c1-17(8-11-4-5-13(15)20-11)14(19)12-6-9(16)7-18(12)10-2-3-10/h4-7,10H,2-3,8,16H2,1H3. The largest absolute Gasteiger partial charge is 0.452 e. The Morgan fingerprint density at radius 1 is 1.55 bits per heavy atom. The van der Waals surface area contributed by atoms with Gasteiger partial charge in [-0.2, -0.15) is 0 Å². The van der Waals surface area contributed by atoms with Gasteiger partial charge < -0.3 is 19.6 Å². The average Bonchev–Trinajstić information content (AvgIpc) is 3.07. The lowest BCUT2D eigenvalue weighted by Crippen LogP contribution is -2.27. The quantitative estimate of drug-likeness (QED) is 0.932. The van der Waals surface area contributed by atoms with Crippen LogP contribution in [0.25, 0.3) is 0 Å². The van der Waals surface area contributed by atoms with E-state index in [1.165, 1.54) is 0 Å². The SMILES string of the molecule is CN(Cc1ccc(Br)o1)C(=O)c1cc(N)cn1C1CC1. The van der Waals surface area contributed by atoms with Crippen LogP contribution in [0, 0.1) is 0 Å². The first-order chi connectivity index (χ1) is 9.54. The van der Waals surface area contributed by atoms with Crippen molar-refractivity contribution in [2.24, 2.45) is 0 Å². The fourth-order valence-electron chi connectivity index (χ4n) is 2.26. The second kappa shape index (κ2) is 5.01. The van der Waals surface area contributed by atoms with Gasteiger partial charge in [-0.25, -0.2) is 0 Å². The maximum Gasteiger partial charge on any atom is 0.270 e. The predicted octanol–water partition coefficient (Wildman–Crippen LogP) is 3.03. The van der Waals surface area contributed by atoms with Gasteiger partial charge in [-0.15, -0.1) is 0 Å². The minimum absolute atomic E-state index is 0.0406. The highest BCUT2D eigenvalue weighted by Gasteiger charge is 2.28. The Balaban J connectivity index is 1.77. The van der Waals surface area contributed by atoms with Crippen molar-refractivity contribution in [3.8, 4) is 0 Å². The molecule has 1 aliphatic carbocycles. The molecule has 2 aromatic heterocycles. The number of nitrogen functional groups attached to an aromatic ring is 1. The number of hydrogen-bond acceptors (Lipinski definition) is 3. The molecule has 2 N–H and O–H groups in total. The highest BCUT2D eigenvalue weighted by atomic mass is 79.9. The fourth-order valence-corrected chi connectivity index (χ4v) is 2.60. The molecule has 5 nitrogen and oxygen atoms in total. The molecule has 0 unspecified atom stereocenters. The number of carbonyl (C=O) groups excluding carboxylic acids is 1. The minimum atomic E-state index is -0.0406. The van der Waals surface area contributed by atoms with Crippen LogP contribution in [0.2, 0.25) is 0 Å².